The molecular formula is C31H40N6OS. The summed E-state index contributed by atoms with van der Waals surface area (Å²) >= 11 is 1.67. The summed E-state index contributed by atoms with van der Waals surface area (Å²) in [4.78, 5) is 30.6. The fourth-order valence-corrected chi connectivity index (χ4v) is 5.98. The molecule has 1 aliphatic carbocycles. The van der Waals surface area contributed by atoms with Crippen LogP contribution >= 0.6 is 11.8 Å². The van der Waals surface area contributed by atoms with E-state index in [1.54, 1.807) is 17.8 Å². The zero-order valence-electron chi connectivity index (χ0n) is 23.7. The van der Waals surface area contributed by atoms with E-state index in [9.17, 15) is 4.79 Å². The highest BCUT2D eigenvalue weighted by atomic mass is 32.2. The Morgan fingerprint density at radius 2 is 2.03 bits per heavy atom. The maximum atomic E-state index is 12.5. The van der Waals surface area contributed by atoms with Crippen LogP contribution in [-0.2, 0) is 4.79 Å². The molecule has 1 saturated heterocycles. The molecule has 2 aromatic rings. The number of nitrogens with zero attached hydrogens (tertiary/aromatic N) is 4. The van der Waals surface area contributed by atoms with Crippen LogP contribution in [0, 0.1) is 5.92 Å². The number of nitrogens with one attached hydrogen (secondary N) is 2. The van der Waals surface area contributed by atoms with Crippen molar-refractivity contribution < 1.29 is 4.79 Å². The van der Waals surface area contributed by atoms with Crippen molar-refractivity contribution in [3.63, 3.8) is 0 Å². The van der Waals surface area contributed by atoms with Gasteiger partial charge in [-0.3, -0.25) is 19.7 Å². The van der Waals surface area contributed by atoms with Crippen molar-refractivity contribution in [1.82, 2.24) is 9.88 Å². The van der Waals surface area contributed by atoms with Crippen LogP contribution in [0.3, 0.4) is 0 Å². The van der Waals surface area contributed by atoms with Crippen LogP contribution in [0.15, 0.2) is 57.5 Å². The quantitative estimate of drug-likeness (QED) is 0.310. The first-order valence-electron chi connectivity index (χ1n) is 14.0. The second-order valence-corrected chi connectivity index (χ2v) is 12.2. The molecule has 0 bridgehead atoms. The number of thioether (sulfide) groups is 1. The van der Waals surface area contributed by atoms with Crippen molar-refractivity contribution >= 4 is 40.9 Å². The molecule has 39 heavy (non-hydrogen) atoms. The molecule has 5 rings (SSSR count). The van der Waals surface area contributed by atoms with Crippen molar-refractivity contribution in [2.75, 3.05) is 36.5 Å². The lowest BCUT2D eigenvalue weighted by Crippen LogP contribution is -2.28. The number of aromatic nitrogens is 1. The van der Waals surface area contributed by atoms with Crippen LogP contribution in [0.4, 0.5) is 17.1 Å². The Kier molecular flexibility index (Phi) is 8.24. The van der Waals surface area contributed by atoms with Crippen molar-refractivity contribution in [1.29, 1.82) is 0 Å². The van der Waals surface area contributed by atoms with Crippen molar-refractivity contribution in [3.05, 3.63) is 59.2 Å². The number of rotatable bonds is 9. The van der Waals surface area contributed by atoms with Gasteiger partial charge in [-0.25, -0.2) is 4.98 Å². The molecule has 206 valence electrons. The van der Waals surface area contributed by atoms with E-state index < -0.39 is 0 Å². The molecule has 3 heterocycles. The molecule has 0 saturated carbocycles. The highest BCUT2D eigenvalue weighted by Crippen LogP contribution is 2.48. The van der Waals surface area contributed by atoms with E-state index in [4.69, 9.17) is 15.0 Å². The third kappa shape index (κ3) is 6.28. The third-order valence-electron chi connectivity index (χ3n) is 8.28. The van der Waals surface area contributed by atoms with Crippen LogP contribution in [0.5, 0.6) is 0 Å². The molecule has 0 radical (unpaired) electrons. The molecule has 0 spiro atoms. The Balaban J connectivity index is 1.33. The van der Waals surface area contributed by atoms with Gasteiger partial charge < -0.3 is 10.6 Å². The predicted octanol–water partition coefficient (Wildman–Crippen LogP) is 5.76. The first kappa shape index (κ1) is 27.6. The van der Waals surface area contributed by atoms with E-state index in [1.165, 1.54) is 24.0 Å². The van der Waals surface area contributed by atoms with E-state index in [2.05, 4.69) is 49.5 Å². The zero-order valence-corrected chi connectivity index (χ0v) is 24.5. The Bertz CT molecular complexity index is 1360. The van der Waals surface area contributed by atoms with Crippen LogP contribution in [-0.4, -0.2) is 59.5 Å². The minimum atomic E-state index is -0.109. The van der Waals surface area contributed by atoms with Crippen LogP contribution in [0.2, 0.25) is 0 Å². The van der Waals surface area contributed by atoms with Crippen molar-refractivity contribution in [2.24, 2.45) is 15.9 Å². The lowest BCUT2D eigenvalue weighted by molar-refractivity contribution is -0.111. The van der Waals surface area contributed by atoms with E-state index in [-0.39, 0.29) is 17.5 Å². The van der Waals surface area contributed by atoms with Gasteiger partial charge in [-0.2, -0.15) is 0 Å². The summed E-state index contributed by atoms with van der Waals surface area (Å²) in [5.41, 5.74) is 5.99. The number of carbonyl (C=O) groups excluding carboxylic acids is 1. The minimum absolute atomic E-state index is 0.0584. The summed E-state index contributed by atoms with van der Waals surface area (Å²) < 4.78 is 0. The van der Waals surface area contributed by atoms with Gasteiger partial charge in [-0.15, -0.1) is 11.8 Å². The van der Waals surface area contributed by atoms with Gasteiger partial charge >= 0.3 is 0 Å². The minimum Gasteiger partial charge on any atom is -0.354 e. The van der Waals surface area contributed by atoms with Gasteiger partial charge in [0.1, 0.15) is 0 Å². The summed E-state index contributed by atoms with van der Waals surface area (Å²) in [5, 5.41) is 6.63. The monoisotopic (exact) mass is 544 g/mol. The van der Waals surface area contributed by atoms with Crippen molar-refractivity contribution in [3.8, 4) is 0 Å². The maximum Gasteiger partial charge on any atom is 0.248 e. The fraction of sp³-hybridized carbons (Fsp3) is 0.484. The second-order valence-electron chi connectivity index (χ2n) is 11.4. The molecule has 1 amide bonds. The molecule has 3 aliphatic rings. The van der Waals surface area contributed by atoms with Crippen molar-refractivity contribution in [2.45, 2.75) is 69.4 Å². The fourth-order valence-electron chi connectivity index (χ4n) is 5.46. The molecule has 8 heteroatoms. The molecular weight excluding hydrogens is 504 g/mol. The first-order valence-corrected chi connectivity index (χ1v) is 15.3. The van der Waals surface area contributed by atoms with E-state index in [1.807, 2.05) is 42.8 Å². The zero-order chi connectivity index (χ0) is 27.6. The van der Waals surface area contributed by atoms with Crippen LogP contribution < -0.4 is 16.1 Å². The molecule has 7 nitrogen and oxygen atoms in total. The number of likely N-dealkylation sites (tertiary alicyclic amines) is 1. The topological polar surface area (TPSA) is 82.0 Å². The number of fused-ring (bicyclic) bond motifs is 1. The number of aliphatic imine (C=N–C) groups is 1. The van der Waals surface area contributed by atoms with Gasteiger partial charge in [0.2, 0.25) is 5.91 Å². The predicted molar refractivity (Wildman–Crippen MR) is 162 cm³/mol. The Morgan fingerprint density at radius 3 is 2.74 bits per heavy atom. The molecule has 2 N–H and O–H groups in total. The van der Waals surface area contributed by atoms with Gasteiger partial charge in [0, 0.05) is 52.8 Å². The summed E-state index contributed by atoms with van der Waals surface area (Å²) in [6.07, 6.45) is 13.0. The van der Waals surface area contributed by atoms with E-state index in [0.717, 1.165) is 53.5 Å². The van der Waals surface area contributed by atoms with E-state index in [0.29, 0.717) is 11.8 Å². The molecule has 3 unspecified atom stereocenters. The maximum absolute atomic E-state index is 12.5. The third-order valence-corrected chi connectivity index (χ3v) is 9.03. The van der Waals surface area contributed by atoms with E-state index >= 15 is 0 Å². The second kappa shape index (κ2) is 11.6. The first-order chi connectivity index (χ1) is 18.8. The molecule has 1 aromatic heterocycles. The number of carbonyl (C=O) groups is 1. The number of benzene rings is 1. The largest absolute Gasteiger partial charge is 0.354 e. The Labute approximate surface area is 236 Å². The number of hydrogen-bond acceptors (Lipinski definition) is 7. The van der Waals surface area contributed by atoms with Gasteiger partial charge in [0.05, 0.1) is 17.3 Å². The molecule has 1 fully saturated rings. The lowest BCUT2D eigenvalue weighted by atomic mass is 9.86. The number of amides is 1. The standard InChI is InChI=1S/C31H40N6OS/c1-20(2)31(4)17-24(18-33-31)36-30-28-21(3)27(28)29(25(39-5)19-32-30)35-23-11-8-10-22(16-23)34-26(38)12-9-15-37-13-6-7-14-37/h8-12,16,18-21,24,35H,6-7,13-15,17H2,1-5H3,(H,34,38). The SMILES string of the molecule is CSc1cnc(=NC2C=NC(C)(C(C)C)C2)c2c(c1Nc1cccc(NC(=O)C=CCN3CCCC3)c1)C2C. The number of anilines is 3. The molecule has 3 atom stereocenters. The van der Waals surface area contributed by atoms with Gasteiger partial charge in [-0.05, 0) is 75.2 Å². The molecule has 2 aliphatic heterocycles. The van der Waals surface area contributed by atoms with Gasteiger partial charge in [-0.1, -0.05) is 32.9 Å². The van der Waals surface area contributed by atoms with Crippen LogP contribution in [0.1, 0.15) is 64.0 Å². The summed E-state index contributed by atoms with van der Waals surface area (Å²) in [5.74, 6) is 0.658. The molecule has 1 aromatic carbocycles. The highest BCUT2D eigenvalue weighted by Gasteiger charge is 2.37. The average molecular weight is 545 g/mol. The smallest absolute Gasteiger partial charge is 0.248 e. The normalized spacial score (nSPS) is 24.5. The summed E-state index contributed by atoms with van der Waals surface area (Å²) in [7, 11) is 0. The highest BCUT2D eigenvalue weighted by molar-refractivity contribution is 7.98. The Hall–Kier alpha value is -2.97. The number of hydrogen-bond donors (Lipinski definition) is 2. The Morgan fingerprint density at radius 1 is 1.26 bits per heavy atom. The van der Waals surface area contributed by atoms with Gasteiger partial charge in [0.25, 0.3) is 0 Å². The van der Waals surface area contributed by atoms with Gasteiger partial charge in [0.15, 0.2) is 5.49 Å². The van der Waals surface area contributed by atoms with Crippen LogP contribution in [0.25, 0.3) is 0 Å². The lowest BCUT2D eigenvalue weighted by Gasteiger charge is -2.25. The average Bonchev–Trinajstić information content (AvgIpc) is 3.19. The summed E-state index contributed by atoms with van der Waals surface area (Å²) in [6.45, 7) is 11.9. The summed E-state index contributed by atoms with van der Waals surface area (Å²) in [6, 6.07) is 7.93.